The largest absolute Gasteiger partial charge is 0.461 e. The van der Waals surface area contributed by atoms with Crippen molar-refractivity contribution in [3.05, 3.63) is 72.5 Å². The monoisotopic (exact) mass is 433 g/mol. The maximum Gasteiger partial charge on any atom is 0.265 e. The van der Waals surface area contributed by atoms with Gasteiger partial charge in [0.25, 0.3) is 10.0 Å². The quantitative estimate of drug-likeness (QED) is 0.415. The van der Waals surface area contributed by atoms with Gasteiger partial charge in [-0.2, -0.15) is 0 Å². The summed E-state index contributed by atoms with van der Waals surface area (Å²) in [4.78, 5) is 4.86. The number of anilines is 1. The molecule has 5 aromatic rings. The molecule has 0 aliphatic carbocycles. The zero-order valence-electron chi connectivity index (χ0n) is 16.9. The van der Waals surface area contributed by atoms with Crippen LogP contribution in [-0.4, -0.2) is 34.5 Å². The van der Waals surface area contributed by atoms with Gasteiger partial charge in [-0.15, -0.1) is 10.2 Å². The minimum absolute atomic E-state index is 0.181. The van der Waals surface area contributed by atoms with E-state index in [9.17, 15) is 8.42 Å². The van der Waals surface area contributed by atoms with Gasteiger partial charge in [-0.3, -0.25) is 4.40 Å². The minimum Gasteiger partial charge on any atom is -0.461 e. The van der Waals surface area contributed by atoms with Crippen LogP contribution in [-0.2, 0) is 10.0 Å². The molecular formula is C22H19N5O3S. The van der Waals surface area contributed by atoms with E-state index in [1.807, 2.05) is 31.2 Å². The van der Waals surface area contributed by atoms with Crippen molar-refractivity contribution in [3.8, 4) is 11.6 Å². The van der Waals surface area contributed by atoms with Crippen LogP contribution in [0.1, 0.15) is 12.5 Å². The lowest BCUT2D eigenvalue weighted by atomic mass is 10.2. The van der Waals surface area contributed by atoms with Gasteiger partial charge in [-0.25, -0.2) is 17.7 Å². The third-order valence-corrected chi connectivity index (χ3v) is 6.97. The molecule has 0 atom stereocenters. The van der Waals surface area contributed by atoms with Crippen LogP contribution in [0.5, 0.6) is 0 Å². The Morgan fingerprint density at radius 2 is 1.77 bits per heavy atom. The molecule has 0 radical (unpaired) electrons. The Morgan fingerprint density at radius 1 is 1.00 bits per heavy atom. The highest BCUT2D eigenvalue weighted by Gasteiger charge is 2.29. The number of aryl methyl sites for hydroxylation is 1. The average Bonchev–Trinajstić information content (AvgIpc) is 3.44. The molecule has 31 heavy (non-hydrogen) atoms. The summed E-state index contributed by atoms with van der Waals surface area (Å²) < 4.78 is 35.6. The fraction of sp³-hybridized carbons (Fsp3) is 0.136. The van der Waals surface area contributed by atoms with Crippen molar-refractivity contribution in [1.82, 2.24) is 19.6 Å². The Balaban J connectivity index is 1.80. The molecule has 0 aliphatic heterocycles. The molecule has 9 heteroatoms. The first-order chi connectivity index (χ1) is 15.0. The molecule has 5 rings (SSSR count). The second-order valence-corrected chi connectivity index (χ2v) is 8.93. The van der Waals surface area contributed by atoms with E-state index >= 15 is 0 Å². The van der Waals surface area contributed by atoms with E-state index < -0.39 is 10.0 Å². The van der Waals surface area contributed by atoms with Crippen LogP contribution >= 0.6 is 0 Å². The number of sulfonamides is 1. The van der Waals surface area contributed by atoms with Gasteiger partial charge in [0.1, 0.15) is 0 Å². The summed E-state index contributed by atoms with van der Waals surface area (Å²) >= 11 is 0. The van der Waals surface area contributed by atoms with Gasteiger partial charge in [-0.1, -0.05) is 29.8 Å². The van der Waals surface area contributed by atoms with E-state index in [0.29, 0.717) is 22.7 Å². The summed E-state index contributed by atoms with van der Waals surface area (Å²) in [6.45, 7) is 3.86. The fourth-order valence-electron chi connectivity index (χ4n) is 3.57. The first kappa shape index (κ1) is 19.3. The topological polar surface area (TPSA) is 93.6 Å². The molecule has 0 saturated carbocycles. The van der Waals surface area contributed by atoms with Crippen molar-refractivity contribution in [2.45, 2.75) is 18.7 Å². The van der Waals surface area contributed by atoms with Crippen LogP contribution in [0.4, 0.5) is 5.82 Å². The second kappa shape index (κ2) is 7.21. The van der Waals surface area contributed by atoms with Gasteiger partial charge in [-0.05, 0) is 50.2 Å². The molecule has 0 unspecified atom stereocenters. The lowest BCUT2D eigenvalue weighted by Crippen LogP contribution is -2.32. The Bertz CT molecular complexity index is 1490. The molecule has 0 saturated heterocycles. The standard InChI is InChI=1S/C22H19N5O3S/c1-3-26(31(28,29)16-12-10-15(2)11-13-16)21-22-25-24-20(19-9-6-14-30-19)27(22)18-8-5-4-7-17(18)23-21/h4-14H,3H2,1-2H3. The number of hydrogen-bond donors (Lipinski definition) is 0. The van der Waals surface area contributed by atoms with E-state index in [1.54, 1.807) is 54.0 Å². The number of furan rings is 1. The summed E-state index contributed by atoms with van der Waals surface area (Å²) in [5.41, 5.74) is 2.69. The Morgan fingerprint density at radius 3 is 2.48 bits per heavy atom. The van der Waals surface area contributed by atoms with Gasteiger partial charge in [0.15, 0.2) is 11.6 Å². The zero-order valence-corrected chi connectivity index (χ0v) is 17.7. The van der Waals surface area contributed by atoms with Crippen molar-refractivity contribution in [1.29, 1.82) is 0 Å². The molecule has 3 aromatic heterocycles. The predicted octanol–water partition coefficient (Wildman–Crippen LogP) is 4.06. The molecular weight excluding hydrogens is 414 g/mol. The SMILES string of the molecule is CCN(c1nc2ccccc2n2c(-c3ccco3)nnc12)S(=O)(=O)c1ccc(C)cc1. The van der Waals surface area contributed by atoms with Crippen LogP contribution in [0.3, 0.4) is 0 Å². The van der Waals surface area contributed by atoms with Crippen molar-refractivity contribution < 1.29 is 12.8 Å². The maximum absolute atomic E-state index is 13.5. The van der Waals surface area contributed by atoms with E-state index in [1.165, 1.54) is 4.31 Å². The number of rotatable bonds is 5. The molecule has 8 nitrogen and oxygen atoms in total. The maximum atomic E-state index is 13.5. The van der Waals surface area contributed by atoms with E-state index in [-0.39, 0.29) is 17.3 Å². The fourth-order valence-corrected chi connectivity index (χ4v) is 5.00. The van der Waals surface area contributed by atoms with Crippen molar-refractivity contribution in [2.75, 3.05) is 10.8 Å². The van der Waals surface area contributed by atoms with Gasteiger partial charge < -0.3 is 4.42 Å². The molecule has 0 aliphatic rings. The Kier molecular flexibility index (Phi) is 4.48. The normalized spacial score (nSPS) is 11.9. The van der Waals surface area contributed by atoms with Crippen molar-refractivity contribution in [3.63, 3.8) is 0 Å². The summed E-state index contributed by atoms with van der Waals surface area (Å²) in [6, 6.07) is 17.8. The minimum atomic E-state index is -3.86. The summed E-state index contributed by atoms with van der Waals surface area (Å²) in [5.74, 6) is 1.22. The van der Waals surface area contributed by atoms with E-state index in [4.69, 9.17) is 4.42 Å². The highest BCUT2D eigenvalue weighted by Crippen LogP contribution is 2.31. The molecule has 0 amide bonds. The number of fused-ring (bicyclic) bond motifs is 3. The number of para-hydroxylation sites is 2. The number of hydrogen-bond acceptors (Lipinski definition) is 6. The van der Waals surface area contributed by atoms with Gasteiger partial charge in [0.2, 0.25) is 11.5 Å². The molecule has 0 spiro atoms. The molecule has 2 aromatic carbocycles. The Labute approximate surface area is 178 Å². The number of benzene rings is 2. The van der Waals surface area contributed by atoms with Gasteiger partial charge in [0, 0.05) is 6.54 Å². The first-order valence-corrected chi connectivity index (χ1v) is 11.2. The van der Waals surface area contributed by atoms with Crippen molar-refractivity contribution in [2.24, 2.45) is 0 Å². The third-order valence-electron chi connectivity index (χ3n) is 5.09. The first-order valence-electron chi connectivity index (χ1n) is 9.78. The smallest absolute Gasteiger partial charge is 0.265 e. The number of aromatic nitrogens is 4. The third kappa shape index (κ3) is 3.05. The summed E-state index contributed by atoms with van der Waals surface area (Å²) in [5, 5.41) is 8.59. The van der Waals surface area contributed by atoms with Crippen LogP contribution in [0.2, 0.25) is 0 Å². The number of nitrogens with zero attached hydrogens (tertiary/aromatic N) is 5. The summed E-state index contributed by atoms with van der Waals surface area (Å²) in [6.07, 6.45) is 1.56. The molecule has 156 valence electrons. The average molecular weight is 433 g/mol. The molecule has 0 N–H and O–H groups in total. The summed E-state index contributed by atoms with van der Waals surface area (Å²) in [7, 11) is -3.86. The molecule has 0 bridgehead atoms. The zero-order chi connectivity index (χ0) is 21.6. The van der Waals surface area contributed by atoms with Crippen molar-refractivity contribution >= 4 is 32.5 Å². The lowest BCUT2D eigenvalue weighted by molar-refractivity contribution is 0.576. The molecule has 0 fully saturated rings. The predicted molar refractivity (Wildman–Crippen MR) is 117 cm³/mol. The van der Waals surface area contributed by atoms with Gasteiger partial charge >= 0.3 is 0 Å². The van der Waals surface area contributed by atoms with Crippen LogP contribution in [0, 0.1) is 6.92 Å². The molecule has 3 heterocycles. The van der Waals surface area contributed by atoms with Crippen LogP contribution in [0.25, 0.3) is 28.3 Å². The Hall–Kier alpha value is -3.72. The van der Waals surface area contributed by atoms with E-state index in [0.717, 1.165) is 11.1 Å². The van der Waals surface area contributed by atoms with Gasteiger partial charge in [0.05, 0.1) is 22.2 Å². The second-order valence-electron chi connectivity index (χ2n) is 7.07. The van der Waals surface area contributed by atoms with E-state index in [2.05, 4.69) is 15.2 Å². The van der Waals surface area contributed by atoms with Crippen LogP contribution in [0.15, 0.2) is 76.2 Å². The van der Waals surface area contributed by atoms with Crippen LogP contribution < -0.4 is 4.31 Å². The highest BCUT2D eigenvalue weighted by atomic mass is 32.2. The lowest BCUT2D eigenvalue weighted by Gasteiger charge is -2.22. The highest BCUT2D eigenvalue weighted by molar-refractivity contribution is 7.92.